The standard InChI is InChI=1S/C44H36N2/c1-5-16-38-39-28-32(24-26-43(39)46(42(38)7-3)35-19-12-9-13-20-35)33-23-25-37-36-21-14-15-22-40(36)44(41(37)29-33,31(4)30-45-27-6-2)34-17-10-8-11-18-34/h5-30H,2-3H2,1,4H3/b16-5-,31-30+,45-27?. The van der Waals surface area contributed by atoms with Crippen molar-refractivity contribution in [1.29, 1.82) is 0 Å². The maximum Gasteiger partial charge on any atom is 0.0688 e. The molecule has 7 rings (SSSR count). The molecule has 1 heterocycles. The molecule has 1 aromatic heterocycles. The van der Waals surface area contributed by atoms with E-state index in [1.807, 2.05) is 12.3 Å². The third-order valence-electron chi connectivity index (χ3n) is 9.22. The van der Waals surface area contributed by atoms with Crippen LogP contribution in [0.1, 0.15) is 41.8 Å². The highest BCUT2D eigenvalue weighted by Gasteiger charge is 2.46. The second-order valence-corrected chi connectivity index (χ2v) is 11.7. The summed E-state index contributed by atoms with van der Waals surface area (Å²) in [5.74, 6) is 0. The average molecular weight is 593 g/mol. The molecule has 1 atom stereocenters. The fourth-order valence-corrected chi connectivity index (χ4v) is 7.34. The molecule has 0 spiro atoms. The molecular weight excluding hydrogens is 556 g/mol. The van der Waals surface area contributed by atoms with Crippen LogP contribution in [0.3, 0.4) is 0 Å². The summed E-state index contributed by atoms with van der Waals surface area (Å²) < 4.78 is 2.30. The molecule has 6 aromatic rings. The van der Waals surface area contributed by atoms with Gasteiger partial charge in [0.15, 0.2) is 0 Å². The first-order valence-corrected chi connectivity index (χ1v) is 15.7. The highest BCUT2D eigenvalue weighted by Crippen LogP contribution is 2.56. The third-order valence-corrected chi connectivity index (χ3v) is 9.22. The first-order valence-electron chi connectivity index (χ1n) is 15.7. The van der Waals surface area contributed by atoms with Crippen LogP contribution in [0.2, 0.25) is 0 Å². The van der Waals surface area contributed by atoms with Crippen molar-refractivity contribution in [3.05, 3.63) is 186 Å². The molecule has 46 heavy (non-hydrogen) atoms. The van der Waals surface area contributed by atoms with Gasteiger partial charge in [0, 0.05) is 29.1 Å². The second kappa shape index (κ2) is 12.0. The molecular formula is C44H36N2. The number of hydrogen-bond donors (Lipinski definition) is 0. The zero-order valence-electron chi connectivity index (χ0n) is 26.3. The van der Waals surface area contributed by atoms with Gasteiger partial charge in [-0.3, -0.25) is 4.99 Å². The normalized spacial score (nSPS) is 15.8. The van der Waals surface area contributed by atoms with Gasteiger partial charge < -0.3 is 4.57 Å². The predicted octanol–water partition coefficient (Wildman–Crippen LogP) is 11.4. The van der Waals surface area contributed by atoms with E-state index < -0.39 is 5.41 Å². The van der Waals surface area contributed by atoms with Gasteiger partial charge in [0.05, 0.1) is 16.6 Å². The van der Waals surface area contributed by atoms with E-state index in [0.29, 0.717) is 0 Å². The monoisotopic (exact) mass is 592 g/mol. The minimum Gasteiger partial charge on any atom is -0.309 e. The molecule has 0 fully saturated rings. The van der Waals surface area contributed by atoms with E-state index in [2.05, 4.69) is 170 Å². The van der Waals surface area contributed by atoms with E-state index in [4.69, 9.17) is 0 Å². The summed E-state index contributed by atoms with van der Waals surface area (Å²) in [5.41, 5.74) is 13.8. The van der Waals surface area contributed by atoms with Crippen molar-refractivity contribution in [1.82, 2.24) is 4.57 Å². The SMILES string of the molecule is C=CC=N/C=C(\C)C1(c2ccccc2)c2ccccc2-c2ccc(-c3ccc4c(c3)c(/C=C\C)c(C=C)n4-c3ccccc3)cc21. The number of benzene rings is 5. The van der Waals surface area contributed by atoms with Crippen molar-refractivity contribution in [3.8, 4) is 27.9 Å². The lowest BCUT2D eigenvalue weighted by Crippen LogP contribution is -2.28. The molecule has 1 aliphatic rings. The summed E-state index contributed by atoms with van der Waals surface area (Å²) in [4.78, 5) is 4.61. The summed E-state index contributed by atoms with van der Waals surface area (Å²) in [6, 6.07) is 44.0. The van der Waals surface area contributed by atoms with Crippen molar-refractivity contribution in [2.24, 2.45) is 4.99 Å². The molecule has 0 saturated heterocycles. The Labute approximate surface area is 271 Å². The summed E-state index contributed by atoms with van der Waals surface area (Å²) in [6.07, 6.45) is 11.7. The van der Waals surface area contributed by atoms with E-state index in [0.717, 1.165) is 22.5 Å². The molecule has 0 saturated carbocycles. The number of aliphatic imine (C=N–C) groups is 1. The van der Waals surface area contributed by atoms with Crippen LogP contribution >= 0.6 is 0 Å². The van der Waals surface area contributed by atoms with Crippen molar-refractivity contribution < 1.29 is 0 Å². The first-order chi connectivity index (χ1) is 22.6. The van der Waals surface area contributed by atoms with E-state index >= 15 is 0 Å². The van der Waals surface area contributed by atoms with Crippen LogP contribution in [0.15, 0.2) is 163 Å². The molecule has 222 valence electrons. The number of allylic oxidation sites excluding steroid dienone is 3. The van der Waals surface area contributed by atoms with Crippen LogP contribution in [0.5, 0.6) is 0 Å². The van der Waals surface area contributed by atoms with Gasteiger partial charge in [0.25, 0.3) is 0 Å². The minimum atomic E-state index is -0.492. The molecule has 0 amide bonds. The minimum absolute atomic E-state index is 0.492. The zero-order chi connectivity index (χ0) is 31.7. The molecule has 0 aliphatic heterocycles. The molecule has 5 aromatic carbocycles. The summed E-state index contributed by atoms with van der Waals surface area (Å²) >= 11 is 0. The van der Waals surface area contributed by atoms with E-state index in [1.165, 1.54) is 49.9 Å². The van der Waals surface area contributed by atoms with Crippen LogP contribution in [0, 0.1) is 0 Å². The highest BCUT2D eigenvalue weighted by atomic mass is 15.0. The Morgan fingerprint density at radius 3 is 2.15 bits per heavy atom. The van der Waals surface area contributed by atoms with Gasteiger partial charge >= 0.3 is 0 Å². The lowest BCUT2D eigenvalue weighted by molar-refractivity contribution is 0.744. The van der Waals surface area contributed by atoms with Gasteiger partial charge in [-0.05, 0) is 94.8 Å². The van der Waals surface area contributed by atoms with Crippen LogP contribution < -0.4 is 0 Å². The van der Waals surface area contributed by atoms with Crippen LogP contribution in [-0.4, -0.2) is 10.8 Å². The Morgan fingerprint density at radius 2 is 1.41 bits per heavy atom. The number of para-hydroxylation sites is 1. The van der Waals surface area contributed by atoms with Crippen LogP contribution in [0.25, 0.3) is 51.0 Å². The van der Waals surface area contributed by atoms with Crippen molar-refractivity contribution in [3.63, 3.8) is 0 Å². The molecule has 1 unspecified atom stereocenters. The maximum atomic E-state index is 4.61. The second-order valence-electron chi connectivity index (χ2n) is 11.7. The topological polar surface area (TPSA) is 17.3 Å². The van der Waals surface area contributed by atoms with Crippen LogP contribution in [-0.2, 0) is 5.41 Å². The molecule has 0 bridgehead atoms. The van der Waals surface area contributed by atoms with Crippen molar-refractivity contribution >= 4 is 29.3 Å². The smallest absolute Gasteiger partial charge is 0.0688 e. The maximum absolute atomic E-state index is 4.61. The Kier molecular flexibility index (Phi) is 7.56. The quantitative estimate of drug-likeness (QED) is 0.156. The number of fused-ring (bicyclic) bond motifs is 4. The van der Waals surface area contributed by atoms with E-state index in [-0.39, 0.29) is 0 Å². The number of aromatic nitrogens is 1. The Bertz CT molecular complexity index is 2190. The van der Waals surface area contributed by atoms with Gasteiger partial charge in [0.1, 0.15) is 0 Å². The van der Waals surface area contributed by atoms with Crippen LogP contribution in [0.4, 0.5) is 0 Å². The number of nitrogens with zero attached hydrogens (tertiary/aromatic N) is 2. The van der Waals surface area contributed by atoms with Gasteiger partial charge in [0.2, 0.25) is 0 Å². The van der Waals surface area contributed by atoms with Gasteiger partial charge in [-0.2, -0.15) is 0 Å². The third kappa shape index (κ3) is 4.45. The highest BCUT2D eigenvalue weighted by molar-refractivity contribution is 5.98. The lowest BCUT2D eigenvalue weighted by Gasteiger charge is -2.34. The number of hydrogen-bond acceptors (Lipinski definition) is 1. The van der Waals surface area contributed by atoms with Gasteiger partial charge in [-0.25, -0.2) is 0 Å². The van der Waals surface area contributed by atoms with Crippen molar-refractivity contribution in [2.75, 3.05) is 0 Å². The predicted molar refractivity (Wildman–Crippen MR) is 198 cm³/mol. The largest absolute Gasteiger partial charge is 0.309 e. The molecule has 2 heteroatoms. The Balaban J connectivity index is 1.49. The molecule has 2 nitrogen and oxygen atoms in total. The van der Waals surface area contributed by atoms with E-state index in [1.54, 1.807) is 12.3 Å². The molecule has 0 N–H and O–H groups in total. The van der Waals surface area contributed by atoms with Gasteiger partial charge in [-0.15, -0.1) is 0 Å². The summed E-state index contributed by atoms with van der Waals surface area (Å²) in [6.45, 7) is 12.3. The summed E-state index contributed by atoms with van der Waals surface area (Å²) in [7, 11) is 0. The van der Waals surface area contributed by atoms with Crippen molar-refractivity contribution in [2.45, 2.75) is 19.3 Å². The Morgan fingerprint density at radius 1 is 0.739 bits per heavy atom. The molecule has 1 aliphatic carbocycles. The summed E-state index contributed by atoms with van der Waals surface area (Å²) in [5, 5.41) is 1.20. The zero-order valence-corrected chi connectivity index (χ0v) is 26.3. The average Bonchev–Trinajstić information content (AvgIpc) is 3.58. The fourth-order valence-electron chi connectivity index (χ4n) is 7.34. The molecule has 0 radical (unpaired) electrons. The number of rotatable bonds is 8. The lowest BCUT2D eigenvalue weighted by atomic mass is 9.67. The first kappa shape index (κ1) is 29.0. The Hall–Kier alpha value is -5.73. The van der Waals surface area contributed by atoms with Gasteiger partial charge in [-0.1, -0.05) is 122 Å². The van der Waals surface area contributed by atoms with E-state index in [9.17, 15) is 0 Å². The fraction of sp³-hybridized carbons (Fsp3) is 0.0682.